The maximum atomic E-state index is 13.7. The summed E-state index contributed by atoms with van der Waals surface area (Å²) in [6.45, 7) is 2.51. The number of rotatable bonds is 5. The summed E-state index contributed by atoms with van der Waals surface area (Å²) in [6, 6.07) is 21.3. The quantitative estimate of drug-likeness (QED) is 0.429. The largest absolute Gasteiger partial charge is 0.493 e. The topological polar surface area (TPSA) is 59.6 Å². The van der Waals surface area contributed by atoms with Crippen molar-refractivity contribution in [3.8, 4) is 11.5 Å². The number of Topliss-reactive ketones (excluding diaryl/α,β-unsaturated/α-hetero) is 1. The first kappa shape index (κ1) is 22.4. The number of carbonyl (C=O) groups excluding carboxylic acids is 1. The number of hydrogen-bond donors (Lipinski definition) is 2. The second kappa shape index (κ2) is 9.43. The third kappa shape index (κ3) is 4.12. The predicted molar refractivity (Wildman–Crippen MR) is 136 cm³/mol. The number of benzene rings is 3. The smallest absolute Gasteiger partial charge is 0.163 e. The second-order valence-electron chi connectivity index (χ2n) is 8.53. The van der Waals surface area contributed by atoms with Crippen LogP contribution in [0.3, 0.4) is 0 Å². The lowest BCUT2D eigenvalue weighted by Crippen LogP contribution is -2.27. The predicted octanol–water partition coefficient (Wildman–Crippen LogP) is 6.73. The molecule has 5 nitrogen and oxygen atoms in total. The number of ketones is 1. The van der Waals surface area contributed by atoms with E-state index in [0.29, 0.717) is 36.0 Å². The zero-order valence-electron chi connectivity index (χ0n) is 19.2. The van der Waals surface area contributed by atoms with E-state index < -0.39 is 0 Å². The highest BCUT2D eigenvalue weighted by atomic mass is 35.5. The molecule has 1 aliphatic carbocycles. The van der Waals surface area contributed by atoms with Crippen molar-refractivity contribution in [2.24, 2.45) is 0 Å². The molecule has 2 aliphatic rings. The van der Waals surface area contributed by atoms with Crippen molar-refractivity contribution >= 4 is 28.8 Å². The number of allylic oxidation sites excluding steroid dienone is 1. The number of anilines is 2. The van der Waals surface area contributed by atoms with Crippen molar-refractivity contribution in [2.75, 3.05) is 24.4 Å². The molecule has 0 bridgehead atoms. The first-order chi connectivity index (χ1) is 16.6. The summed E-state index contributed by atoms with van der Waals surface area (Å²) in [7, 11) is 1.64. The molecule has 2 N–H and O–H groups in total. The van der Waals surface area contributed by atoms with E-state index in [4.69, 9.17) is 21.1 Å². The van der Waals surface area contributed by atoms with Gasteiger partial charge in [0.05, 0.1) is 31.1 Å². The Bertz CT molecular complexity index is 1270. The van der Waals surface area contributed by atoms with Gasteiger partial charge in [-0.3, -0.25) is 4.79 Å². The molecular weight excluding hydrogens is 448 g/mol. The number of fused-ring (bicyclic) bond motifs is 1. The van der Waals surface area contributed by atoms with Crippen LogP contribution in [0, 0.1) is 0 Å². The molecule has 3 aromatic carbocycles. The highest BCUT2D eigenvalue weighted by Gasteiger charge is 2.36. The molecule has 5 rings (SSSR count). The molecule has 0 radical (unpaired) electrons. The molecule has 3 aromatic rings. The lowest BCUT2D eigenvalue weighted by atomic mass is 9.78. The zero-order valence-corrected chi connectivity index (χ0v) is 20.0. The first-order valence-electron chi connectivity index (χ1n) is 11.5. The van der Waals surface area contributed by atoms with Gasteiger partial charge in [0.1, 0.15) is 0 Å². The molecular formula is C28H27ClN2O3. The van der Waals surface area contributed by atoms with Crippen LogP contribution >= 0.6 is 11.6 Å². The number of hydrogen-bond acceptors (Lipinski definition) is 5. The number of halogens is 1. The monoisotopic (exact) mass is 474 g/mol. The van der Waals surface area contributed by atoms with E-state index >= 15 is 0 Å². The van der Waals surface area contributed by atoms with E-state index in [1.165, 1.54) is 0 Å². The van der Waals surface area contributed by atoms with Crippen molar-refractivity contribution in [2.45, 2.75) is 31.7 Å². The lowest BCUT2D eigenvalue weighted by Gasteiger charge is -2.30. The van der Waals surface area contributed by atoms with Crippen LogP contribution in [0.4, 0.5) is 11.4 Å². The van der Waals surface area contributed by atoms with Crippen molar-refractivity contribution in [1.29, 1.82) is 0 Å². The van der Waals surface area contributed by atoms with E-state index in [2.05, 4.69) is 10.6 Å². The Morgan fingerprint density at radius 1 is 0.971 bits per heavy atom. The molecule has 0 fully saturated rings. The van der Waals surface area contributed by atoms with Gasteiger partial charge in [0.25, 0.3) is 0 Å². The summed E-state index contributed by atoms with van der Waals surface area (Å²) in [4.78, 5) is 13.7. The Labute approximate surface area is 204 Å². The van der Waals surface area contributed by atoms with Crippen LogP contribution in [0.1, 0.15) is 42.9 Å². The molecule has 0 spiro atoms. The molecule has 34 heavy (non-hydrogen) atoms. The fraction of sp³-hybridized carbons (Fsp3) is 0.250. The highest BCUT2D eigenvalue weighted by Crippen LogP contribution is 2.46. The minimum Gasteiger partial charge on any atom is -0.493 e. The summed E-state index contributed by atoms with van der Waals surface area (Å²) in [6.07, 6.45) is 1.12. The number of ether oxygens (including phenoxy) is 2. The molecule has 1 heterocycles. The van der Waals surface area contributed by atoms with Crippen LogP contribution in [-0.4, -0.2) is 19.5 Å². The van der Waals surface area contributed by atoms with E-state index in [1.807, 2.05) is 73.7 Å². The molecule has 6 heteroatoms. The zero-order chi connectivity index (χ0) is 23.7. The molecule has 0 amide bonds. The Morgan fingerprint density at radius 2 is 1.74 bits per heavy atom. The fourth-order valence-corrected chi connectivity index (χ4v) is 5.13. The SMILES string of the molecule is CCOc1ccc([C@@H]2CC(=O)C3=C(C2)Nc2ccccc2N[C@H]3c2ccccc2Cl)cc1OC. The summed E-state index contributed by atoms with van der Waals surface area (Å²) >= 11 is 6.60. The first-order valence-corrected chi connectivity index (χ1v) is 11.9. The van der Waals surface area contributed by atoms with Gasteiger partial charge in [0.2, 0.25) is 0 Å². The molecule has 174 valence electrons. The van der Waals surface area contributed by atoms with E-state index in [1.54, 1.807) is 7.11 Å². The van der Waals surface area contributed by atoms with Gasteiger partial charge in [0, 0.05) is 22.7 Å². The van der Waals surface area contributed by atoms with Crippen LogP contribution in [0.15, 0.2) is 78.0 Å². The average molecular weight is 475 g/mol. The maximum Gasteiger partial charge on any atom is 0.163 e. The van der Waals surface area contributed by atoms with Gasteiger partial charge in [-0.2, -0.15) is 0 Å². The minimum atomic E-state index is -0.330. The highest BCUT2D eigenvalue weighted by molar-refractivity contribution is 6.31. The third-order valence-corrected chi connectivity index (χ3v) is 6.83. The van der Waals surface area contributed by atoms with Gasteiger partial charge < -0.3 is 20.1 Å². The molecule has 0 unspecified atom stereocenters. The Morgan fingerprint density at radius 3 is 2.50 bits per heavy atom. The number of nitrogens with one attached hydrogen (secondary N) is 2. The van der Waals surface area contributed by atoms with Gasteiger partial charge in [0.15, 0.2) is 17.3 Å². The average Bonchev–Trinajstić information content (AvgIpc) is 3.01. The second-order valence-corrected chi connectivity index (χ2v) is 8.94. The van der Waals surface area contributed by atoms with Gasteiger partial charge in [-0.25, -0.2) is 0 Å². The minimum absolute atomic E-state index is 0.0282. The van der Waals surface area contributed by atoms with Gasteiger partial charge >= 0.3 is 0 Å². The van der Waals surface area contributed by atoms with E-state index in [9.17, 15) is 4.79 Å². The Kier molecular flexibility index (Phi) is 6.20. The van der Waals surface area contributed by atoms with Crippen LogP contribution in [0.25, 0.3) is 0 Å². The lowest BCUT2D eigenvalue weighted by molar-refractivity contribution is -0.116. The van der Waals surface area contributed by atoms with Crippen molar-refractivity contribution in [1.82, 2.24) is 0 Å². The Hall–Kier alpha value is -3.44. The molecule has 1 aliphatic heterocycles. The number of para-hydroxylation sites is 2. The number of carbonyl (C=O) groups is 1. The van der Waals surface area contributed by atoms with Gasteiger partial charge in [-0.1, -0.05) is 48.0 Å². The van der Waals surface area contributed by atoms with Crippen LogP contribution in [-0.2, 0) is 4.79 Å². The number of methoxy groups -OCH3 is 1. The summed E-state index contributed by atoms with van der Waals surface area (Å²) in [5.74, 6) is 1.53. The van der Waals surface area contributed by atoms with Crippen LogP contribution in [0.5, 0.6) is 11.5 Å². The van der Waals surface area contributed by atoms with Gasteiger partial charge in [-0.05, 0) is 60.7 Å². The maximum absolute atomic E-state index is 13.7. The fourth-order valence-electron chi connectivity index (χ4n) is 4.88. The van der Waals surface area contributed by atoms with Crippen LogP contribution in [0.2, 0.25) is 5.02 Å². The standard InChI is InChI=1S/C28H27ClN2O3/c1-3-34-25-13-12-17(16-26(25)33-2)18-14-23-27(24(32)15-18)28(19-8-4-5-9-20(19)29)31-22-11-7-6-10-21(22)30-23/h4-13,16,18,28,30-31H,3,14-15H2,1-2H3/t18-,28-/m0/s1. The molecule has 0 saturated heterocycles. The van der Waals surface area contributed by atoms with Crippen LogP contribution < -0.4 is 20.1 Å². The summed E-state index contributed by atoms with van der Waals surface area (Å²) < 4.78 is 11.2. The van der Waals surface area contributed by atoms with Crippen molar-refractivity contribution in [3.63, 3.8) is 0 Å². The summed E-state index contributed by atoms with van der Waals surface area (Å²) in [5.41, 5.74) is 5.51. The van der Waals surface area contributed by atoms with E-state index in [0.717, 1.165) is 33.8 Å². The third-order valence-electron chi connectivity index (χ3n) is 6.48. The van der Waals surface area contributed by atoms with Gasteiger partial charge in [-0.15, -0.1) is 0 Å². The Balaban J connectivity index is 1.57. The van der Waals surface area contributed by atoms with E-state index in [-0.39, 0.29) is 17.7 Å². The molecule has 2 atom stereocenters. The normalized spacial score (nSPS) is 19.3. The summed E-state index contributed by atoms with van der Waals surface area (Å²) in [5, 5.41) is 7.78. The van der Waals surface area contributed by atoms with Crippen molar-refractivity contribution in [3.05, 3.63) is 94.1 Å². The van der Waals surface area contributed by atoms with Crippen molar-refractivity contribution < 1.29 is 14.3 Å². The molecule has 0 aromatic heterocycles. The molecule has 0 saturated carbocycles.